The molecular formula is C83H144O17P2. The summed E-state index contributed by atoms with van der Waals surface area (Å²) in [6, 6.07) is 0. The topological polar surface area (TPSA) is 237 Å². The van der Waals surface area contributed by atoms with Gasteiger partial charge in [-0.25, -0.2) is 9.13 Å². The minimum atomic E-state index is -4.99. The van der Waals surface area contributed by atoms with Gasteiger partial charge < -0.3 is 33.8 Å². The van der Waals surface area contributed by atoms with Gasteiger partial charge in [-0.3, -0.25) is 37.3 Å². The molecule has 5 unspecified atom stereocenters. The highest BCUT2D eigenvalue weighted by atomic mass is 31.2. The Balaban J connectivity index is 5.42. The molecule has 0 saturated heterocycles. The Morgan fingerprint density at radius 3 is 0.824 bits per heavy atom. The van der Waals surface area contributed by atoms with E-state index < -0.39 is 97.5 Å². The summed E-state index contributed by atoms with van der Waals surface area (Å²) in [5.74, 6) is -2.27. The van der Waals surface area contributed by atoms with Crippen molar-refractivity contribution in [1.82, 2.24) is 0 Å². The highest BCUT2D eigenvalue weighted by Gasteiger charge is 2.30. The largest absolute Gasteiger partial charge is 0.472 e. The standard InChI is InChI=1S/C83H144O17P2/c1-5-9-13-17-21-25-29-33-37-38-42-44-48-52-56-60-64-68-81(86)94-74-79(100-83(88)70-66-62-58-54-50-46-41-36-32-28-24-20-16-12-8-4)76-98-102(91,92)96-72-77(84)71-95-101(89,90)97-75-78(99-82(87)69-65-61-57-53-49-45-40-35-31-27-23-19-15-11-7-3)73-93-80(85)67-63-59-55-51-47-43-39-34-30-26-22-18-14-10-6-2/h9-10,13-14,21-22,25-26,33-34,37,39,42,44,47,51-52,56,77-79,84H,5-8,11-12,15-20,23-24,27-32,35-36,38,40-41,43,45-46,48-50,53-55,57-76H2,1-4H3,(H,89,90)(H,91,92)/b13-9-,14-10-,25-21-,26-22-,37-33-,39-34-,44-42-,51-47-,56-52-. The summed E-state index contributed by atoms with van der Waals surface area (Å²) in [5.41, 5.74) is 0. The van der Waals surface area contributed by atoms with Crippen molar-refractivity contribution in [1.29, 1.82) is 0 Å². The minimum absolute atomic E-state index is 0.0837. The number of aliphatic hydroxyl groups excluding tert-OH is 1. The molecule has 0 rings (SSSR count). The Labute approximate surface area is 619 Å². The predicted octanol–water partition coefficient (Wildman–Crippen LogP) is 23.3. The average molecular weight is 1480 g/mol. The van der Waals surface area contributed by atoms with Crippen LogP contribution in [0, 0.1) is 0 Å². The summed E-state index contributed by atoms with van der Waals surface area (Å²) in [7, 11) is -9.98. The third-order valence-corrected chi connectivity index (χ3v) is 18.7. The van der Waals surface area contributed by atoms with E-state index in [-0.39, 0.29) is 25.7 Å². The molecule has 0 spiro atoms. The van der Waals surface area contributed by atoms with Crippen molar-refractivity contribution in [2.75, 3.05) is 39.6 Å². The number of phosphoric acid groups is 2. The number of carbonyl (C=O) groups is 4. The van der Waals surface area contributed by atoms with Crippen LogP contribution >= 0.6 is 15.6 Å². The number of ether oxygens (including phenoxy) is 4. The molecule has 0 heterocycles. The van der Waals surface area contributed by atoms with Gasteiger partial charge in [0.1, 0.15) is 19.3 Å². The number of hydrogen-bond acceptors (Lipinski definition) is 15. The van der Waals surface area contributed by atoms with Gasteiger partial charge in [-0.05, 0) is 103 Å². The van der Waals surface area contributed by atoms with Gasteiger partial charge >= 0.3 is 39.5 Å². The molecule has 0 aliphatic heterocycles. The van der Waals surface area contributed by atoms with Gasteiger partial charge in [-0.1, -0.05) is 317 Å². The lowest BCUT2D eigenvalue weighted by Gasteiger charge is -2.21. The van der Waals surface area contributed by atoms with Crippen molar-refractivity contribution in [3.63, 3.8) is 0 Å². The molecule has 19 heteroatoms. The minimum Gasteiger partial charge on any atom is -0.462 e. The summed E-state index contributed by atoms with van der Waals surface area (Å²) < 4.78 is 68.5. The van der Waals surface area contributed by atoms with Gasteiger partial charge in [0, 0.05) is 25.7 Å². The fraction of sp³-hybridized carbons (Fsp3) is 0.735. The average Bonchev–Trinajstić information content (AvgIpc) is 0.923. The van der Waals surface area contributed by atoms with Crippen molar-refractivity contribution < 1.29 is 80.2 Å². The molecule has 0 aromatic heterocycles. The van der Waals surface area contributed by atoms with Crippen LogP contribution in [0.1, 0.15) is 336 Å². The first-order chi connectivity index (χ1) is 49.7. The van der Waals surface area contributed by atoms with Gasteiger partial charge in [-0.15, -0.1) is 0 Å². The molecule has 0 aromatic rings. The normalized spacial score (nSPS) is 14.5. The molecule has 0 saturated carbocycles. The molecule has 0 amide bonds. The van der Waals surface area contributed by atoms with Crippen LogP contribution in [0.2, 0.25) is 0 Å². The Kier molecular flexibility index (Phi) is 71.8. The molecule has 0 fully saturated rings. The molecule has 0 bridgehead atoms. The maximum absolute atomic E-state index is 13.1. The second kappa shape index (κ2) is 75.0. The smallest absolute Gasteiger partial charge is 0.462 e. The van der Waals surface area contributed by atoms with E-state index in [1.165, 1.54) is 128 Å². The van der Waals surface area contributed by atoms with Gasteiger partial charge in [0.05, 0.1) is 26.4 Å². The van der Waals surface area contributed by atoms with Crippen molar-refractivity contribution >= 4 is 39.5 Å². The maximum atomic E-state index is 13.1. The first-order valence-corrected chi connectivity index (χ1v) is 43.1. The summed E-state index contributed by atoms with van der Waals surface area (Å²) in [5, 5.41) is 10.6. The van der Waals surface area contributed by atoms with Crippen LogP contribution < -0.4 is 0 Å². The van der Waals surface area contributed by atoms with Crippen molar-refractivity contribution in [3.8, 4) is 0 Å². The molecule has 588 valence electrons. The molecule has 17 nitrogen and oxygen atoms in total. The number of phosphoric ester groups is 2. The number of aliphatic hydroxyl groups is 1. The van der Waals surface area contributed by atoms with E-state index in [0.29, 0.717) is 32.1 Å². The van der Waals surface area contributed by atoms with E-state index >= 15 is 0 Å². The maximum Gasteiger partial charge on any atom is 0.472 e. The fourth-order valence-corrected chi connectivity index (χ4v) is 12.3. The van der Waals surface area contributed by atoms with Crippen molar-refractivity contribution in [2.24, 2.45) is 0 Å². The zero-order valence-electron chi connectivity index (χ0n) is 64.3. The Bertz CT molecular complexity index is 2360. The van der Waals surface area contributed by atoms with E-state index in [1.54, 1.807) is 0 Å². The van der Waals surface area contributed by atoms with Gasteiger partial charge in [0.25, 0.3) is 0 Å². The first kappa shape index (κ1) is 97.7. The van der Waals surface area contributed by atoms with Crippen LogP contribution in [-0.2, 0) is 65.4 Å². The van der Waals surface area contributed by atoms with Gasteiger partial charge in [0.2, 0.25) is 0 Å². The lowest BCUT2D eigenvalue weighted by Crippen LogP contribution is -2.30. The third kappa shape index (κ3) is 74.0. The van der Waals surface area contributed by atoms with E-state index in [1.807, 2.05) is 12.2 Å². The van der Waals surface area contributed by atoms with E-state index in [0.717, 1.165) is 122 Å². The van der Waals surface area contributed by atoms with Crippen molar-refractivity contribution in [3.05, 3.63) is 109 Å². The second-order valence-electron chi connectivity index (χ2n) is 26.6. The molecule has 0 aliphatic carbocycles. The summed E-state index contributed by atoms with van der Waals surface area (Å²) in [4.78, 5) is 73.0. The van der Waals surface area contributed by atoms with Crippen LogP contribution in [0.4, 0.5) is 0 Å². The first-order valence-electron chi connectivity index (χ1n) is 40.1. The quantitative estimate of drug-likeness (QED) is 0.0169. The molecular weight excluding hydrogens is 1330 g/mol. The Hall–Kier alpha value is -4.28. The number of carbonyl (C=O) groups excluding carboxylic acids is 4. The zero-order valence-corrected chi connectivity index (χ0v) is 66.0. The van der Waals surface area contributed by atoms with E-state index in [2.05, 4.69) is 125 Å². The van der Waals surface area contributed by atoms with Crippen LogP contribution in [0.3, 0.4) is 0 Å². The number of esters is 4. The summed E-state index contributed by atoms with van der Waals surface area (Å²) >= 11 is 0. The Morgan fingerprint density at radius 1 is 0.284 bits per heavy atom. The van der Waals surface area contributed by atoms with Gasteiger partial charge in [-0.2, -0.15) is 0 Å². The highest BCUT2D eigenvalue weighted by Crippen LogP contribution is 2.45. The number of hydrogen-bond donors (Lipinski definition) is 3. The van der Waals surface area contributed by atoms with Crippen LogP contribution in [0.25, 0.3) is 0 Å². The summed E-state index contributed by atoms with van der Waals surface area (Å²) in [6.45, 7) is 4.59. The molecule has 102 heavy (non-hydrogen) atoms. The van der Waals surface area contributed by atoms with Crippen LogP contribution in [-0.4, -0.2) is 96.7 Å². The van der Waals surface area contributed by atoms with Crippen LogP contribution in [0.15, 0.2) is 109 Å². The Morgan fingerprint density at radius 2 is 0.520 bits per heavy atom. The SMILES string of the molecule is CC/C=C\C/C=C\C/C=C\C/C=C\C/C=C\CCCC(=O)OCC(COP(=O)(O)OCC(O)COP(=O)(O)OCC(COC(=O)CCCC/C=C\C/C=C\C/C=C\C/C=C\CC)OC(=O)CCCCCCCCCCCCCCCCC)OC(=O)CCCCCCCCCCCCCCCCC. The molecule has 0 aromatic carbocycles. The highest BCUT2D eigenvalue weighted by molar-refractivity contribution is 7.47. The molecule has 0 aliphatic rings. The zero-order chi connectivity index (χ0) is 74.6. The van der Waals surface area contributed by atoms with Crippen LogP contribution in [0.5, 0.6) is 0 Å². The number of rotatable bonds is 75. The fourth-order valence-electron chi connectivity index (χ4n) is 10.7. The summed E-state index contributed by atoms with van der Waals surface area (Å²) in [6.07, 6.45) is 80.8. The lowest BCUT2D eigenvalue weighted by molar-refractivity contribution is -0.161. The lowest BCUT2D eigenvalue weighted by atomic mass is 10.0. The van der Waals surface area contributed by atoms with Crippen molar-refractivity contribution in [2.45, 2.75) is 354 Å². The second-order valence-corrected chi connectivity index (χ2v) is 29.5. The number of unbranched alkanes of at least 4 members (excludes halogenated alkanes) is 31. The van der Waals surface area contributed by atoms with Gasteiger partial charge in [0.15, 0.2) is 12.2 Å². The molecule has 3 N–H and O–H groups in total. The van der Waals surface area contributed by atoms with E-state index in [9.17, 15) is 43.2 Å². The van der Waals surface area contributed by atoms with E-state index in [4.69, 9.17) is 37.0 Å². The molecule has 5 atom stereocenters. The number of allylic oxidation sites excluding steroid dienone is 18. The third-order valence-electron chi connectivity index (χ3n) is 16.8. The monoisotopic (exact) mass is 1470 g/mol. The predicted molar refractivity (Wildman–Crippen MR) is 418 cm³/mol. The molecule has 0 radical (unpaired) electrons.